The summed E-state index contributed by atoms with van der Waals surface area (Å²) in [4.78, 5) is -0.936. The Kier molecular flexibility index (Phi) is 10.7. The van der Waals surface area contributed by atoms with Gasteiger partial charge in [-0.1, -0.05) is 95.2 Å². The van der Waals surface area contributed by atoms with Crippen LogP contribution in [0.5, 0.6) is 0 Å². The molecule has 0 unspecified atom stereocenters. The minimum Gasteiger partial charge on any atom is -0.368 e. The van der Waals surface area contributed by atoms with Gasteiger partial charge < -0.3 is 14.8 Å². The van der Waals surface area contributed by atoms with Gasteiger partial charge in [0.1, 0.15) is 32.8 Å². The summed E-state index contributed by atoms with van der Waals surface area (Å²) < 4.78 is 83.5. The van der Waals surface area contributed by atoms with Crippen molar-refractivity contribution in [2.45, 2.75) is 9.79 Å². The first-order valence-electron chi connectivity index (χ1n) is 12.7. The quantitative estimate of drug-likeness (QED) is 0.178. The van der Waals surface area contributed by atoms with Crippen LogP contribution in [0, 0.1) is 11.6 Å². The topological polar surface area (TPSA) is 158 Å². The average Bonchev–Trinajstić information content (AvgIpc) is 3.67. The Bertz CT molecular complexity index is 2080. The minimum atomic E-state index is -4.07. The molecule has 10 nitrogen and oxygen atoms in total. The summed E-state index contributed by atoms with van der Waals surface area (Å²) in [5.74, 6) is -1.41. The lowest BCUT2D eigenvalue weighted by atomic mass is 10.2. The van der Waals surface area contributed by atoms with Crippen molar-refractivity contribution in [3.63, 3.8) is 0 Å². The van der Waals surface area contributed by atoms with Crippen LogP contribution in [0.25, 0.3) is 22.5 Å². The lowest BCUT2D eigenvalue weighted by molar-refractivity contribution is 0.438. The van der Waals surface area contributed by atoms with Gasteiger partial charge in [-0.3, -0.25) is 0 Å². The number of hydrogen-bond donors (Lipinski definition) is 2. The molecule has 232 valence electrons. The fourth-order valence-electron chi connectivity index (χ4n) is 3.60. The van der Waals surface area contributed by atoms with Crippen molar-refractivity contribution < 1.29 is 34.7 Å². The Morgan fingerprint density at radius 3 is 1.51 bits per heavy atom. The molecule has 0 radical (unpaired) electrons. The van der Waals surface area contributed by atoms with Crippen molar-refractivity contribution in [3.05, 3.63) is 133 Å². The number of anilines is 2. The molecule has 0 saturated heterocycles. The average molecular weight is 673 g/mol. The largest absolute Gasteiger partial charge is 0.368 e. The Morgan fingerprint density at radius 1 is 0.622 bits per heavy atom. The fraction of sp³-hybridized carbons (Fsp3) is 0. The molecule has 3 N–H and O–H groups in total. The van der Waals surface area contributed by atoms with Gasteiger partial charge >= 0.3 is 0 Å². The van der Waals surface area contributed by atoms with Crippen molar-refractivity contribution >= 4 is 41.5 Å². The molecular formula is C30H23ClF2N4O6S2. The van der Waals surface area contributed by atoms with Crippen LogP contribution in [0.1, 0.15) is 0 Å². The van der Waals surface area contributed by atoms with E-state index in [1.54, 1.807) is 6.07 Å². The van der Waals surface area contributed by atoms with Crippen molar-refractivity contribution in [1.82, 2.24) is 10.3 Å². The van der Waals surface area contributed by atoms with E-state index in [-0.39, 0.29) is 5.88 Å². The van der Waals surface area contributed by atoms with Crippen LogP contribution in [-0.2, 0) is 19.1 Å². The second-order valence-corrected chi connectivity index (χ2v) is 13.0. The van der Waals surface area contributed by atoms with E-state index in [2.05, 4.69) is 15.0 Å². The van der Waals surface area contributed by atoms with Crippen LogP contribution in [0.2, 0.25) is 0 Å². The number of nitrogens with zero attached hydrogens (tertiary/aromatic N) is 2. The number of aromatic nitrogens is 2. The molecule has 0 fully saturated rings. The van der Waals surface area contributed by atoms with E-state index in [1.165, 1.54) is 36.4 Å². The third-order valence-corrected chi connectivity index (χ3v) is 8.37. The summed E-state index contributed by atoms with van der Waals surface area (Å²) in [7, 11) is -3.11. The number of rotatable bonds is 6. The van der Waals surface area contributed by atoms with Crippen molar-refractivity contribution in [2.24, 2.45) is 0 Å². The number of sulfonamides is 1. The zero-order valence-electron chi connectivity index (χ0n) is 22.9. The smallest absolute Gasteiger partial charge is 0.267 e. The van der Waals surface area contributed by atoms with E-state index in [9.17, 15) is 25.6 Å². The molecule has 0 amide bonds. The van der Waals surface area contributed by atoms with Gasteiger partial charge in [0.15, 0.2) is 0 Å². The predicted molar refractivity (Wildman–Crippen MR) is 165 cm³/mol. The SMILES string of the molecule is Nc1cc(-c2ccccc2)no1.O=S(=O)(Cl)c1ccccc1F.O=S(=O)(Nc1cc(-c2ccccc2)no1)c1ccccc1F. The first-order valence-corrected chi connectivity index (χ1v) is 16.5. The summed E-state index contributed by atoms with van der Waals surface area (Å²) >= 11 is 0. The molecule has 0 aliphatic heterocycles. The van der Waals surface area contributed by atoms with Gasteiger partial charge in [-0.2, -0.15) is 0 Å². The Hall–Kier alpha value is -5.05. The lowest BCUT2D eigenvalue weighted by Crippen LogP contribution is -2.13. The van der Waals surface area contributed by atoms with Crippen LogP contribution in [0.15, 0.2) is 140 Å². The summed E-state index contributed by atoms with van der Waals surface area (Å²) in [5, 5.41) is 7.58. The maximum absolute atomic E-state index is 13.6. The molecule has 2 aromatic heterocycles. The highest BCUT2D eigenvalue weighted by molar-refractivity contribution is 8.13. The molecule has 0 atom stereocenters. The molecular weight excluding hydrogens is 650 g/mol. The van der Waals surface area contributed by atoms with Crippen LogP contribution < -0.4 is 10.5 Å². The normalized spacial score (nSPS) is 11.0. The number of nitrogens with one attached hydrogen (secondary N) is 1. The number of halogens is 3. The molecule has 0 bridgehead atoms. The minimum absolute atomic E-state index is 0.0814. The zero-order chi connectivity index (χ0) is 32.5. The molecule has 2 heterocycles. The molecule has 15 heteroatoms. The maximum atomic E-state index is 13.6. The van der Waals surface area contributed by atoms with Gasteiger partial charge in [0, 0.05) is 33.9 Å². The molecule has 0 aliphatic rings. The summed E-state index contributed by atoms with van der Waals surface area (Å²) in [5.41, 5.74) is 8.43. The zero-order valence-corrected chi connectivity index (χ0v) is 25.3. The van der Waals surface area contributed by atoms with Gasteiger partial charge in [0.2, 0.25) is 11.8 Å². The molecule has 0 spiro atoms. The van der Waals surface area contributed by atoms with E-state index in [4.69, 9.17) is 25.5 Å². The molecule has 4 aromatic carbocycles. The third kappa shape index (κ3) is 9.22. The van der Waals surface area contributed by atoms with E-state index in [0.717, 1.165) is 35.0 Å². The van der Waals surface area contributed by atoms with Crippen molar-refractivity contribution in [2.75, 3.05) is 10.5 Å². The second-order valence-electron chi connectivity index (χ2n) is 8.83. The summed E-state index contributed by atoms with van der Waals surface area (Å²) in [6.07, 6.45) is 0. The molecule has 6 aromatic rings. The van der Waals surface area contributed by atoms with Gasteiger partial charge in [0.05, 0.1) is 0 Å². The Morgan fingerprint density at radius 2 is 1.07 bits per heavy atom. The molecule has 0 saturated carbocycles. The van der Waals surface area contributed by atoms with Crippen LogP contribution in [-0.4, -0.2) is 27.1 Å². The van der Waals surface area contributed by atoms with Gasteiger partial charge in [-0.05, 0) is 24.3 Å². The fourth-order valence-corrected chi connectivity index (χ4v) is 5.57. The Balaban J connectivity index is 0.000000169. The van der Waals surface area contributed by atoms with Crippen molar-refractivity contribution in [1.29, 1.82) is 0 Å². The highest BCUT2D eigenvalue weighted by Crippen LogP contribution is 2.24. The predicted octanol–water partition coefficient (Wildman–Crippen LogP) is 6.96. The van der Waals surface area contributed by atoms with E-state index < -0.39 is 40.5 Å². The summed E-state index contributed by atoms with van der Waals surface area (Å²) in [6, 6.07) is 32.1. The highest BCUT2D eigenvalue weighted by atomic mass is 35.7. The van der Waals surface area contributed by atoms with E-state index in [1.807, 2.05) is 60.7 Å². The van der Waals surface area contributed by atoms with Crippen LogP contribution >= 0.6 is 10.7 Å². The highest BCUT2D eigenvalue weighted by Gasteiger charge is 2.21. The van der Waals surface area contributed by atoms with Crippen LogP contribution in [0.4, 0.5) is 20.5 Å². The standard InChI is InChI=1S/C15H11FN2O3S.C9H8N2O.C6H4ClFO2S/c16-12-8-4-5-9-14(12)22(19,20)18-15-10-13(17-21-15)11-6-2-1-3-7-11;10-9-6-8(11-12-9)7-4-2-1-3-5-7;7-11(9,10)6-4-2-1-3-5(6)8/h1-10,18H;1-6H,10H2;1-4H. The molecule has 6 rings (SSSR count). The summed E-state index contributed by atoms with van der Waals surface area (Å²) in [6.45, 7) is 0. The number of benzene rings is 4. The first kappa shape index (κ1) is 32.9. The van der Waals surface area contributed by atoms with Gasteiger partial charge in [-0.15, -0.1) is 0 Å². The lowest BCUT2D eigenvalue weighted by Gasteiger charge is -2.04. The van der Waals surface area contributed by atoms with Crippen LogP contribution in [0.3, 0.4) is 0 Å². The monoisotopic (exact) mass is 672 g/mol. The van der Waals surface area contributed by atoms with E-state index in [0.29, 0.717) is 11.6 Å². The maximum Gasteiger partial charge on any atom is 0.267 e. The molecule has 45 heavy (non-hydrogen) atoms. The first-order chi connectivity index (χ1) is 21.4. The molecule has 0 aliphatic carbocycles. The van der Waals surface area contributed by atoms with Crippen molar-refractivity contribution in [3.8, 4) is 22.5 Å². The van der Waals surface area contributed by atoms with Gasteiger partial charge in [0.25, 0.3) is 19.1 Å². The second kappa shape index (κ2) is 14.6. The number of nitrogens with two attached hydrogens (primary N) is 1. The van der Waals surface area contributed by atoms with E-state index >= 15 is 0 Å². The Labute approximate surface area is 261 Å². The number of hydrogen-bond acceptors (Lipinski definition) is 9. The third-order valence-electron chi connectivity index (χ3n) is 5.64. The van der Waals surface area contributed by atoms with Gasteiger partial charge in [-0.25, -0.2) is 30.3 Å². The number of nitrogen functional groups attached to an aromatic ring is 1.